The summed E-state index contributed by atoms with van der Waals surface area (Å²) in [7, 11) is 0. The predicted molar refractivity (Wildman–Crippen MR) is 100 cm³/mol. The SMILES string of the molecule is CC(=O)OC[C@H]1O[C@@H](c2cn(CCBr)c(=O)[nH]c2=O)C(OC(C)=O)C1OC(C)=O. The number of halogens is 1. The van der Waals surface area contributed by atoms with Gasteiger partial charge in [-0.05, 0) is 0 Å². The zero-order valence-electron chi connectivity index (χ0n) is 16.0. The van der Waals surface area contributed by atoms with Gasteiger partial charge in [0.15, 0.2) is 12.2 Å². The first kappa shape index (κ1) is 22.8. The van der Waals surface area contributed by atoms with Crippen molar-refractivity contribution in [3.05, 3.63) is 32.6 Å². The lowest BCUT2D eigenvalue weighted by Gasteiger charge is -2.23. The Bertz CT molecular complexity index is 894. The summed E-state index contributed by atoms with van der Waals surface area (Å²) in [6.45, 7) is 3.47. The van der Waals surface area contributed by atoms with Crippen molar-refractivity contribution in [2.24, 2.45) is 0 Å². The first-order valence-electron chi connectivity index (χ1n) is 8.67. The smallest absolute Gasteiger partial charge is 0.328 e. The third kappa shape index (κ3) is 5.76. The molecule has 2 rings (SSSR count). The third-order valence-corrected chi connectivity index (χ3v) is 4.39. The van der Waals surface area contributed by atoms with Crippen molar-refractivity contribution in [2.45, 2.75) is 51.7 Å². The van der Waals surface area contributed by atoms with Gasteiger partial charge in [-0.2, -0.15) is 0 Å². The summed E-state index contributed by atoms with van der Waals surface area (Å²) >= 11 is 3.21. The van der Waals surface area contributed by atoms with E-state index in [1.165, 1.54) is 17.7 Å². The van der Waals surface area contributed by atoms with Crippen LogP contribution in [0.2, 0.25) is 0 Å². The van der Waals surface area contributed by atoms with Crippen LogP contribution in [0.5, 0.6) is 0 Å². The second kappa shape index (κ2) is 9.83. The molecule has 0 bridgehead atoms. The monoisotopic (exact) mass is 476 g/mol. The maximum absolute atomic E-state index is 12.4. The van der Waals surface area contributed by atoms with E-state index < -0.39 is 53.6 Å². The number of alkyl halides is 1. The van der Waals surface area contributed by atoms with Crippen LogP contribution < -0.4 is 11.2 Å². The van der Waals surface area contributed by atoms with Crippen LogP contribution in [-0.4, -0.2) is 57.7 Å². The van der Waals surface area contributed by atoms with Gasteiger partial charge in [-0.1, -0.05) is 15.9 Å². The molecule has 0 spiro atoms. The molecule has 1 aromatic heterocycles. The Balaban J connectivity index is 2.49. The maximum atomic E-state index is 12.4. The van der Waals surface area contributed by atoms with Gasteiger partial charge in [0.05, 0.1) is 5.56 Å². The van der Waals surface area contributed by atoms with Gasteiger partial charge >= 0.3 is 23.6 Å². The summed E-state index contributed by atoms with van der Waals surface area (Å²) in [5.74, 6) is -1.96. The Morgan fingerprint density at radius 1 is 1.10 bits per heavy atom. The Labute approximate surface area is 173 Å². The number of ether oxygens (including phenoxy) is 4. The fraction of sp³-hybridized carbons (Fsp3) is 0.588. The van der Waals surface area contributed by atoms with E-state index in [2.05, 4.69) is 20.9 Å². The first-order valence-corrected chi connectivity index (χ1v) is 9.79. The van der Waals surface area contributed by atoms with Crippen LogP contribution in [0.4, 0.5) is 0 Å². The highest BCUT2D eigenvalue weighted by Crippen LogP contribution is 2.36. The van der Waals surface area contributed by atoms with Crippen molar-refractivity contribution in [1.29, 1.82) is 0 Å². The number of aryl methyl sites for hydroxylation is 1. The number of aromatic nitrogens is 2. The average Bonchev–Trinajstić information content (AvgIpc) is 2.92. The van der Waals surface area contributed by atoms with Crippen LogP contribution in [0.1, 0.15) is 32.4 Å². The van der Waals surface area contributed by atoms with E-state index in [0.717, 1.165) is 13.8 Å². The van der Waals surface area contributed by atoms with Gasteiger partial charge in [-0.25, -0.2) is 4.79 Å². The topological polar surface area (TPSA) is 143 Å². The van der Waals surface area contributed by atoms with E-state index in [0.29, 0.717) is 5.33 Å². The molecule has 1 saturated heterocycles. The number of nitrogens with one attached hydrogen (secondary N) is 1. The van der Waals surface area contributed by atoms with Gasteiger partial charge < -0.3 is 18.9 Å². The van der Waals surface area contributed by atoms with Crippen LogP contribution in [0.3, 0.4) is 0 Å². The predicted octanol–water partition coefficient (Wildman–Crippen LogP) is -0.202. The molecule has 1 aromatic rings. The van der Waals surface area contributed by atoms with Crippen LogP contribution in [0.15, 0.2) is 15.8 Å². The summed E-state index contributed by atoms with van der Waals surface area (Å²) < 4.78 is 22.5. The Morgan fingerprint density at radius 3 is 2.28 bits per heavy atom. The molecule has 1 aliphatic rings. The maximum Gasteiger partial charge on any atom is 0.328 e. The van der Waals surface area contributed by atoms with Crippen molar-refractivity contribution < 1.29 is 33.3 Å². The number of aromatic amines is 1. The van der Waals surface area contributed by atoms with E-state index >= 15 is 0 Å². The number of hydrogen-bond donors (Lipinski definition) is 1. The van der Waals surface area contributed by atoms with Crippen molar-refractivity contribution in [3.8, 4) is 0 Å². The molecule has 160 valence electrons. The van der Waals surface area contributed by atoms with E-state index in [4.69, 9.17) is 18.9 Å². The normalized spacial score (nSPS) is 23.4. The lowest BCUT2D eigenvalue weighted by molar-refractivity contribution is -0.165. The summed E-state index contributed by atoms with van der Waals surface area (Å²) in [6, 6.07) is 0. The van der Waals surface area contributed by atoms with Crippen LogP contribution >= 0.6 is 15.9 Å². The van der Waals surface area contributed by atoms with E-state index in [1.54, 1.807) is 0 Å². The molecule has 2 unspecified atom stereocenters. The van der Waals surface area contributed by atoms with Crippen LogP contribution in [-0.2, 0) is 39.9 Å². The summed E-state index contributed by atoms with van der Waals surface area (Å²) in [5.41, 5.74) is -1.36. The molecule has 0 aromatic carbocycles. The van der Waals surface area contributed by atoms with Crippen molar-refractivity contribution in [3.63, 3.8) is 0 Å². The first-order chi connectivity index (χ1) is 13.6. The fourth-order valence-corrected chi connectivity index (χ4v) is 3.33. The minimum Gasteiger partial charge on any atom is -0.463 e. The molecule has 0 aliphatic carbocycles. The number of carbonyl (C=O) groups is 3. The molecule has 2 heterocycles. The summed E-state index contributed by atoms with van der Waals surface area (Å²) in [6.07, 6.45) is -3.17. The highest BCUT2D eigenvalue weighted by atomic mass is 79.9. The standard InChI is InChI=1S/C17H21BrN2O9/c1-8(21)26-7-12-14(27-9(2)22)15(28-10(3)23)13(29-12)11-6-20(5-4-18)17(25)19-16(11)24/h6,12-15H,4-5,7H2,1-3H3,(H,19,24,25)/t12-,13+,14?,15?/m1/s1. The Kier molecular flexibility index (Phi) is 7.73. The number of carbonyl (C=O) groups excluding carboxylic acids is 3. The van der Waals surface area contributed by atoms with E-state index in [9.17, 15) is 24.0 Å². The van der Waals surface area contributed by atoms with Gasteiger partial charge in [0.25, 0.3) is 5.56 Å². The van der Waals surface area contributed by atoms with E-state index in [-0.39, 0.29) is 18.7 Å². The fourth-order valence-electron chi connectivity index (χ4n) is 2.95. The minimum atomic E-state index is -1.19. The molecule has 0 amide bonds. The number of nitrogens with zero attached hydrogens (tertiary/aromatic N) is 1. The molecule has 1 aliphatic heterocycles. The van der Waals surface area contributed by atoms with Crippen molar-refractivity contribution >= 4 is 33.8 Å². The average molecular weight is 477 g/mol. The van der Waals surface area contributed by atoms with Gasteiger partial charge in [-0.3, -0.25) is 28.7 Å². The molecule has 12 heteroatoms. The zero-order chi connectivity index (χ0) is 21.7. The third-order valence-electron chi connectivity index (χ3n) is 4.04. The number of hydrogen-bond acceptors (Lipinski definition) is 9. The number of rotatable bonds is 7. The molecular formula is C17H21BrN2O9. The molecule has 4 atom stereocenters. The van der Waals surface area contributed by atoms with Gasteiger partial charge in [0.2, 0.25) is 0 Å². The summed E-state index contributed by atoms with van der Waals surface area (Å²) in [4.78, 5) is 60.9. The van der Waals surface area contributed by atoms with Gasteiger partial charge in [0.1, 0.15) is 18.8 Å². The van der Waals surface area contributed by atoms with Crippen molar-refractivity contribution in [1.82, 2.24) is 9.55 Å². The lowest BCUT2D eigenvalue weighted by atomic mass is 10.0. The van der Waals surface area contributed by atoms with Crippen LogP contribution in [0.25, 0.3) is 0 Å². The zero-order valence-corrected chi connectivity index (χ0v) is 17.6. The molecule has 0 radical (unpaired) electrons. The Hall–Kier alpha value is -2.47. The lowest BCUT2D eigenvalue weighted by Crippen LogP contribution is -2.41. The number of H-pyrrole nitrogens is 1. The summed E-state index contributed by atoms with van der Waals surface area (Å²) in [5, 5.41) is 0.447. The molecule has 1 N–H and O–H groups in total. The van der Waals surface area contributed by atoms with E-state index in [1.807, 2.05) is 0 Å². The molecule has 1 fully saturated rings. The highest BCUT2D eigenvalue weighted by molar-refractivity contribution is 9.09. The van der Waals surface area contributed by atoms with Gasteiger partial charge in [0, 0.05) is 38.8 Å². The van der Waals surface area contributed by atoms with Crippen molar-refractivity contribution in [2.75, 3.05) is 11.9 Å². The molecule has 11 nitrogen and oxygen atoms in total. The number of esters is 3. The Morgan fingerprint density at radius 2 is 1.72 bits per heavy atom. The molecule has 29 heavy (non-hydrogen) atoms. The van der Waals surface area contributed by atoms with Gasteiger partial charge in [-0.15, -0.1) is 0 Å². The largest absolute Gasteiger partial charge is 0.463 e. The quantitative estimate of drug-likeness (QED) is 0.321. The second-order valence-electron chi connectivity index (χ2n) is 6.27. The second-order valence-corrected chi connectivity index (χ2v) is 7.06. The highest BCUT2D eigenvalue weighted by Gasteiger charge is 2.51. The van der Waals surface area contributed by atoms with Crippen LogP contribution in [0, 0.1) is 0 Å². The molecular weight excluding hydrogens is 456 g/mol. The minimum absolute atomic E-state index is 0.000669. The molecule has 0 saturated carbocycles.